The first kappa shape index (κ1) is 17.6. The maximum Gasteiger partial charge on any atom is 0.222 e. The summed E-state index contributed by atoms with van der Waals surface area (Å²) < 4.78 is 0. The minimum Gasteiger partial charge on any atom is -0.351 e. The zero-order valence-electron chi connectivity index (χ0n) is 15.8. The first-order valence-corrected chi connectivity index (χ1v) is 9.46. The van der Waals surface area contributed by atoms with E-state index < -0.39 is 0 Å². The van der Waals surface area contributed by atoms with E-state index in [0.717, 1.165) is 17.6 Å². The Hall–Kier alpha value is -1.20. The molecule has 0 aromatic carbocycles. The molecular formula is C19H33N5. The number of hydrogen-bond acceptors (Lipinski definition) is 5. The van der Waals surface area contributed by atoms with Crippen molar-refractivity contribution in [2.24, 2.45) is 0 Å². The van der Waals surface area contributed by atoms with Crippen LogP contribution >= 0.6 is 0 Å². The van der Waals surface area contributed by atoms with Crippen LogP contribution in [-0.4, -0.2) is 63.6 Å². The molecule has 0 spiro atoms. The van der Waals surface area contributed by atoms with E-state index in [-0.39, 0.29) is 0 Å². The highest BCUT2D eigenvalue weighted by molar-refractivity contribution is 5.26. The summed E-state index contributed by atoms with van der Waals surface area (Å²) >= 11 is 0. The molecule has 1 aliphatic carbocycles. The first-order chi connectivity index (χ1) is 11.4. The number of aromatic nitrogens is 2. The topological polar surface area (TPSA) is 44.3 Å². The third-order valence-electron chi connectivity index (χ3n) is 5.59. The molecule has 2 fully saturated rings. The summed E-state index contributed by atoms with van der Waals surface area (Å²) in [5.41, 5.74) is 1.42. The second kappa shape index (κ2) is 7.36. The van der Waals surface area contributed by atoms with Gasteiger partial charge in [0.05, 0.1) is 0 Å². The molecule has 134 valence electrons. The Morgan fingerprint density at radius 1 is 0.958 bits per heavy atom. The highest BCUT2D eigenvalue weighted by atomic mass is 15.3. The van der Waals surface area contributed by atoms with Gasteiger partial charge < -0.3 is 5.32 Å². The average molecular weight is 332 g/mol. The summed E-state index contributed by atoms with van der Waals surface area (Å²) in [6, 6.07) is 1.30. The lowest BCUT2D eigenvalue weighted by atomic mass is 9.89. The normalized spacial score (nSPS) is 27.2. The van der Waals surface area contributed by atoms with Crippen LogP contribution in [0.25, 0.3) is 0 Å². The van der Waals surface area contributed by atoms with Crippen molar-refractivity contribution in [2.75, 3.05) is 31.5 Å². The molecule has 3 rings (SSSR count). The van der Waals surface area contributed by atoms with Gasteiger partial charge in [-0.25, -0.2) is 9.97 Å². The van der Waals surface area contributed by atoms with Crippen molar-refractivity contribution in [2.45, 2.75) is 71.0 Å². The van der Waals surface area contributed by atoms with Crippen LogP contribution in [0.3, 0.4) is 0 Å². The predicted octanol–water partition coefficient (Wildman–Crippen LogP) is 2.92. The molecule has 5 nitrogen and oxygen atoms in total. The van der Waals surface area contributed by atoms with Gasteiger partial charge in [0.25, 0.3) is 0 Å². The summed E-state index contributed by atoms with van der Waals surface area (Å²) in [4.78, 5) is 14.1. The first-order valence-electron chi connectivity index (χ1n) is 9.46. The third-order valence-corrected chi connectivity index (χ3v) is 5.59. The van der Waals surface area contributed by atoms with Crippen LogP contribution in [0.15, 0.2) is 12.4 Å². The minimum atomic E-state index is 0.307. The second-order valence-corrected chi connectivity index (χ2v) is 8.43. The molecule has 5 heteroatoms. The summed E-state index contributed by atoms with van der Waals surface area (Å²) in [7, 11) is 0. The van der Waals surface area contributed by atoms with Crippen LogP contribution in [0, 0.1) is 6.92 Å². The number of aryl methyl sites for hydroxylation is 1. The van der Waals surface area contributed by atoms with Crippen LogP contribution in [0.5, 0.6) is 0 Å². The lowest BCUT2D eigenvalue weighted by Crippen LogP contribution is -2.56. The molecule has 1 aromatic heterocycles. The van der Waals surface area contributed by atoms with E-state index in [4.69, 9.17) is 0 Å². The van der Waals surface area contributed by atoms with Gasteiger partial charge in [0.15, 0.2) is 0 Å². The van der Waals surface area contributed by atoms with Crippen LogP contribution < -0.4 is 5.32 Å². The van der Waals surface area contributed by atoms with E-state index in [1.165, 1.54) is 51.9 Å². The number of hydrogen-bond donors (Lipinski definition) is 1. The SMILES string of the molecule is Cc1cnc(NC2CCC(N3CCN(C(C)(C)C)CC3)CC2)nc1. The standard InChI is InChI=1S/C19H33N5/c1-15-13-20-18(21-14-15)22-16-5-7-17(8-6-16)23-9-11-24(12-10-23)19(2,3)4/h13-14,16-17H,5-12H2,1-4H3,(H,20,21,22). The molecule has 0 bridgehead atoms. The van der Waals surface area contributed by atoms with Gasteiger partial charge in [-0.15, -0.1) is 0 Å². The lowest BCUT2D eigenvalue weighted by Gasteiger charge is -2.46. The molecule has 0 amide bonds. The largest absolute Gasteiger partial charge is 0.351 e. The van der Waals surface area contributed by atoms with Gasteiger partial charge in [0, 0.05) is 56.2 Å². The van der Waals surface area contributed by atoms with Gasteiger partial charge >= 0.3 is 0 Å². The van der Waals surface area contributed by atoms with Gasteiger partial charge in [0.1, 0.15) is 0 Å². The quantitative estimate of drug-likeness (QED) is 0.922. The van der Waals surface area contributed by atoms with E-state index in [1.807, 2.05) is 19.3 Å². The number of nitrogens with one attached hydrogen (secondary N) is 1. The second-order valence-electron chi connectivity index (χ2n) is 8.43. The Morgan fingerprint density at radius 3 is 2.08 bits per heavy atom. The summed E-state index contributed by atoms with van der Waals surface area (Å²) in [5.74, 6) is 0.780. The smallest absolute Gasteiger partial charge is 0.222 e. The van der Waals surface area contributed by atoms with Crippen LogP contribution in [-0.2, 0) is 0 Å². The average Bonchev–Trinajstić information content (AvgIpc) is 2.57. The molecule has 1 N–H and O–H groups in total. The summed E-state index contributed by atoms with van der Waals surface area (Å²) in [6.45, 7) is 13.9. The van der Waals surface area contributed by atoms with Crippen molar-refractivity contribution >= 4 is 5.95 Å². The number of nitrogens with zero attached hydrogens (tertiary/aromatic N) is 4. The number of piperazine rings is 1. The Balaban J connectivity index is 1.43. The summed E-state index contributed by atoms with van der Waals surface area (Å²) in [6.07, 6.45) is 8.80. The van der Waals surface area contributed by atoms with Crippen LogP contribution in [0.2, 0.25) is 0 Å². The fourth-order valence-electron chi connectivity index (χ4n) is 3.99. The zero-order chi connectivity index (χ0) is 17.2. The van der Waals surface area contributed by atoms with E-state index in [1.54, 1.807) is 0 Å². The van der Waals surface area contributed by atoms with Crippen molar-refractivity contribution in [3.05, 3.63) is 18.0 Å². The van der Waals surface area contributed by atoms with E-state index >= 15 is 0 Å². The van der Waals surface area contributed by atoms with E-state index in [9.17, 15) is 0 Å². The van der Waals surface area contributed by atoms with E-state index in [0.29, 0.717) is 11.6 Å². The Morgan fingerprint density at radius 2 is 1.54 bits per heavy atom. The van der Waals surface area contributed by atoms with Gasteiger partial charge in [-0.3, -0.25) is 9.80 Å². The zero-order valence-corrected chi connectivity index (χ0v) is 15.8. The Labute approximate surface area is 146 Å². The minimum absolute atomic E-state index is 0.307. The Bertz CT molecular complexity index is 506. The number of rotatable bonds is 3. The number of anilines is 1. The third kappa shape index (κ3) is 4.45. The Kier molecular flexibility index (Phi) is 5.40. The van der Waals surface area contributed by atoms with Gasteiger partial charge in [-0.1, -0.05) is 0 Å². The molecule has 0 radical (unpaired) electrons. The molecule has 1 aromatic rings. The van der Waals surface area contributed by atoms with Gasteiger partial charge in [0.2, 0.25) is 5.95 Å². The molecule has 1 saturated heterocycles. The fraction of sp³-hybridized carbons (Fsp3) is 0.789. The molecular weight excluding hydrogens is 298 g/mol. The van der Waals surface area contributed by atoms with Crippen LogP contribution in [0.1, 0.15) is 52.0 Å². The molecule has 1 aliphatic heterocycles. The molecule has 0 unspecified atom stereocenters. The lowest BCUT2D eigenvalue weighted by molar-refractivity contribution is 0.0325. The predicted molar refractivity (Wildman–Crippen MR) is 99.3 cm³/mol. The van der Waals surface area contributed by atoms with Crippen molar-refractivity contribution in [3.8, 4) is 0 Å². The molecule has 24 heavy (non-hydrogen) atoms. The van der Waals surface area contributed by atoms with Crippen LogP contribution in [0.4, 0.5) is 5.95 Å². The maximum absolute atomic E-state index is 4.37. The van der Waals surface area contributed by atoms with Crippen molar-refractivity contribution < 1.29 is 0 Å². The van der Waals surface area contributed by atoms with E-state index in [2.05, 4.69) is 45.9 Å². The molecule has 2 aliphatic rings. The van der Waals surface area contributed by atoms with Crippen molar-refractivity contribution in [3.63, 3.8) is 0 Å². The van der Waals surface area contributed by atoms with Crippen molar-refractivity contribution in [1.29, 1.82) is 0 Å². The molecule has 2 heterocycles. The summed E-state index contributed by atoms with van der Waals surface area (Å²) in [5, 5.41) is 3.51. The van der Waals surface area contributed by atoms with Gasteiger partial charge in [-0.05, 0) is 58.9 Å². The highest BCUT2D eigenvalue weighted by Crippen LogP contribution is 2.26. The van der Waals surface area contributed by atoms with Crippen molar-refractivity contribution in [1.82, 2.24) is 19.8 Å². The maximum atomic E-state index is 4.37. The highest BCUT2D eigenvalue weighted by Gasteiger charge is 2.31. The molecule has 0 atom stereocenters. The fourth-order valence-corrected chi connectivity index (χ4v) is 3.99. The van der Waals surface area contributed by atoms with Gasteiger partial charge in [-0.2, -0.15) is 0 Å². The monoisotopic (exact) mass is 331 g/mol. The molecule has 1 saturated carbocycles.